The van der Waals surface area contributed by atoms with Crippen molar-refractivity contribution in [3.05, 3.63) is 39.9 Å². The highest BCUT2D eigenvalue weighted by atomic mass is 16.6. The van der Waals surface area contributed by atoms with Crippen molar-refractivity contribution in [2.45, 2.75) is 39.3 Å². The average molecular weight is 293 g/mol. The largest absolute Gasteiger partial charge is 0.338 e. The molecule has 0 aliphatic rings. The summed E-state index contributed by atoms with van der Waals surface area (Å²) in [4.78, 5) is 24.3. The van der Waals surface area contributed by atoms with Crippen LogP contribution in [0.15, 0.2) is 24.3 Å². The molecule has 1 aromatic rings. The summed E-state index contributed by atoms with van der Waals surface area (Å²) in [5.41, 5.74) is 6.71. The molecule has 0 aliphatic heterocycles. The molecule has 2 N–H and O–H groups in total. The SMILES string of the molecule is CC[C@H](C)[C@H](N)C(=O)N(C)C(C)c1cccc([N+](=O)[O-])c1. The van der Waals surface area contributed by atoms with Gasteiger partial charge in [-0.1, -0.05) is 32.4 Å². The van der Waals surface area contributed by atoms with Crippen LogP contribution in [0.5, 0.6) is 0 Å². The number of hydrogen-bond acceptors (Lipinski definition) is 4. The molecule has 1 rings (SSSR count). The maximum absolute atomic E-state index is 12.3. The second kappa shape index (κ2) is 7.17. The Morgan fingerprint density at radius 3 is 2.57 bits per heavy atom. The lowest BCUT2D eigenvalue weighted by atomic mass is 9.97. The number of rotatable bonds is 6. The van der Waals surface area contributed by atoms with E-state index >= 15 is 0 Å². The minimum Gasteiger partial charge on any atom is -0.338 e. The molecule has 0 bridgehead atoms. The Balaban J connectivity index is 2.92. The number of nitro benzene ring substituents is 1. The number of amides is 1. The van der Waals surface area contributed by atoms with E-state index in [0.717, 1.165) is 12.0 Å². The van der Waals surface area contributed by atoms with Crippen LogP contribution in [0.3, 0.4) is 0 Å². The van der Waals surface area contributed by atoms with Gasteiger partial charge in [-0.15, -0.1) is 0 Å². The zero-order chi connectivity index (χ0) is 16.2. The minimum absolute atomic E-state index is 0.0198. The Bertz CT molecular complexity index is 519. The fourth-order valence-electron chi connectivity index (χ4n) is 2.05. The van der Waals surface area contributed by atoms with Crippen LogP contribution >= 0.6 is 0 Å². The van der Waals surface area contributed by atoms with E-state index < -0.39 is 11.0 Å². The van der Waals surface area contributed by atoms with Crippen LogP contribution in [0.25, 0.3) is 0 Å². The van der Waals surface area contributed by atoms with Crippen LogP contribution in [0, 0.1) is 16.0 Å². The fraction of sp³-hybridized carbons (Fsp3) is 0.533. The first-order chi connectivity index (χ1) is 9.79. The van der Waals surface area contributed by atoms with E-state index in [1.54, 1.807) is 24.1 Å². The van der Waals surface area contributed by atoms with Gasteiger partial charge in [0, 0.05) is 19.2 Å². The summed E-state index contributed by atoms with van der Waals surface area (Å²) in [6.45, 7) is 5.76. The topological polar surface area (TPSA) is 89.5 Å². The highest BCUT2D eigenvalue weighted by molar-refractivity contribution is 5.82. The fourth-order valence-corrected chi connectivity index (χ4v) is 2.05. The van der Waals surface area contributed by atoms with Gasteiger partial charge in [-0.3, -0.25) is 14.9 Å². The number of nitro groups is 1. The average Bonchev–Trinajstić information content (AvgIpc) is 2.51. The first-order valence-electron chi connectivity index (χ1n) is 7.06. The molecule has 116 valence electrons. The molecule has 0 spiro atoms. The second-order valence-electron chi connectivity index (χ2n) is 5.39. The first kappa shape index (κ1) is 17.1. The van der Waals surface area contributed by atoms with Gasteiger partial charge >= 0.3 is 0 Å². The second-order valence-corrected chi connectivity index (χ2v) is 5.39. The quantitative estimate of drug-likeness (QED) is 0.644. The summed E-state index contributed by atoms with van der Waals surface area (Å²) in [7, 11) is 1.67. The third-order valence-electron chi connectivity index (χ3n) is 4.03. The maximum Gasteiger partial charge on any atom is 0.269 e. The van der Waals surface area contributed by atoms with Crippen LogP contribution in [0.4, 0.5) is 5.69 Å². The molecule has 1 amide bonds. The molecule has 1 aromatic carbocycles. The molecular weight excluding hydrogens is 270 g/mol. The Morgan fingerprint density at radius 2 is 2.05 bits per heavy atom. The Morgan fingerprint density at radius 1 is 1.43 bits per heavy atom. The zero-order valence-electron chi connectivity index (χ0n) is 12.9. The van der Waals surface area contributed by atoms with Crippen LogP contribution in [0.2, 0.25) is 0 Å². The summed E-state index contributed by atoms with van der Waals surface area (Å²) in [5, 5.41) is 10.8. The molecule has 0 radical (unpaired) electrons. The molecule has 0 saturated heterocycles. The molecule has 1 unspecified atom stereocenters. The van der Waals surface area contributed by atoms with Crippen molar-refractivity contribution < 1.29 is 9.72 Å². The number of nitrogens with two attached hydrogens (primary N) is 1. The van der Waals surface area contributed by atoms with Crippen molar-refractivity contribution in [1.82, 2.24) is 4.90 Å². The van der Waals surface area contributed by atoms with Crippen molar-refractivity contribution in [1.29, 1.82) is 0 Å². The van der Waals surface area contributed by atoms with Gasteiger partial charge in [-0.2, -0.15) is 0 Å². The van der Waals surface area contributed by atoms with Gasteiger partial charge in [0.25, 0.3) is 5.69 Å². The van der Waals surface area contributed by atoms with Gasteiger partial charge < -0.3 is 10.6 Å². The van der Waals surface area contributed by atoms with E-state index in [4.69, 9.17) is 5.73 Å². The predicted molar refractivity (Wildman–Crippen MR) is 81.7 cm³/mol. The molecule has 0 aliphatic carbocycles. The van der Waals surface area contributed by atoms with E-state index in [-0.39, 0.29) is 23.6 Å². The number of non-ortho nitro benzene ring substituents is 1. The number of carbonyl (C=O) groups is 1. The van der Waals surface area contributed by atoms with Crippen LogP contribution in [0.1, 0.15) is 38.8 Å². The van der Waals surface area contributed by atoms with E-state index in [9.17, 15) is 14.9 Å². The minimum atomic E-state index is -0.554. The Labute approximate surface area is 125 Å². The van der Waals surface area contributed by atoms with Gasteiger partial charge in [-0.05, 0) is 18.4 Å². The van der Waals surface area contributed by atoms with E-state index in [0.29, 0.717) is 0 Å². The molecular formula is C15H23N3O3. The molecule has 0 saturated carbocycles. The Kier molecular flexibility index (Phi) is 5.84. The lowest BCUT2D eigenvalue weighted by Gasteiger charge is -2.29. The van der Waals surface area contributed by atoms with Gasteiger partial charge in [0.15, 0.2) is 0 Å². The van der Waals surface area contributed by atoms with Crippen LogP contribution in [-0.2, 0) is 4.79 Å². The molecule has 0 aromatic heterocycles. The Hall–Kier alpha value is -1.95. The molecule has 6 heteroatoms. The van der Waals surface area contributed by atoms with Crippen LogP contribution in [-0.4, -0.2) is 28.8 Å². The van der Waals surface area contributed by atoms with Gasteiger partial charge in [0.1, 0.15) is 0 Å². The maximum atomic E-state index is 12.3. The van der Waals surface area contributed by atoms with Gasteiger partial charge in [0.05, 0.1) is 17.0 Å². The number of carbonyl (C=O) groups excluding carboxylic acids is 1. The van der Waals surface area contributed by atoms with Crippen molar-refractivity contribution in [3.8, 4) is 0 Å². The third kappa shape index (κ3) is 4.01. The predicted octanol–water partition coefficient (Wildman–Crippen LogP) is 2.49. The smallest absolute Gasteiger partial charge is 0.269 e. The number of hydrogen-bond donors (Lipinski definition) is 1. The standard InChI is InChI=1S/C15H23N3O3/c1-5-10(2)14(16)15(19)17(4)11(3)12-7-6-8-13(9-12)18(20)21/h6-11,14H,5,16H2,1-4H3/t10-,11?,14-/m0/s1. The van der Waals surface area contributed by atoms with E-state index in [2.05, 4.69) is 0 Å². The molecule has 3 atom stereocenters. The highest BCUT2D eigenvalue weighted by Crippen LogP contribution is 2.24. The summed E-state index contributed by atoms with van der Waals surface area (Å²) in [6.07, 6.45) is 0.825. The van der Waals surface area contributed by atoms with Crippen molar-refractivity contribution in [2.75, 3.05) is 7.05 Å². The zero-order valence-corrected chi connectivity index (χ0v) is 12.9. The van der Waals surface area contributed by atoms with Crippen molar-refractivity contribution in [3.63, 3.8) is 0 Å². The van der Waals surface area contributed by atoms with E-state index in [1.807, 2.05) is 20.8 Å². The first-order valence-corrected chi connectivity index (χ1v) is 7.06. The summed E-state index contributed by atoms with van der Waals surface area (Å²) in [6, 6.07) is 5.49. The lowest BCUT2D eigenvalue weighted by Crippen LogP contribution is -2.46. The van der Waals surface area contributed by atoms with Crippen LogP contribution < -0.4 is 5.73 Å². The van der Waals surface area contributed by atoms with E-state index in [1.165, 1.54) is 12.1 Å². The number of benzene rings is 1. The van der Waals surface area contributed by atoms with Crippen molar-refractivity contribution in [2.24, 2.45) is 11.7 Å². The number of nitrogens with zero attached hydrogens (tertiary/aromatic N) is 2. The van der Waals surface area contributed by atoms with Gasteiger partial charge in [-0.25, -0.2) is 0 Å². The number of likely N-dealkylation sites (N-methyl/N-ethyl adjacent to an activating group) is 1. The summed E-state index contributed by atoms with van der Waals surface area (Å²) >= 11 is 0. The third-order valence-corrected chi connectivity index (χ3v) is 4.03. The molecule has 0 fully saturated rings. The van der Waals surface area contributed by atoms with Gasteiger partial charge in [0.2, 0.25) is 5.91 Å². The summed E-state index contributed by atoms with van der Waals surface area (Å²) < 4.78 is 0. The molecule has 6 nitrogen and oxygen atoms in total. The van der Waals surface area contributed by atoms with Crippen molar-refractivity contribution >= 4 is 11.6 Å². The summed E-state index contributed by atoms with van der Waals surface area (Å²) in [5.74, 6) is -0.0550. The molecule has 21 heavy (non-hydrogen) atoms. The lowest BCUT2D eigenvalue weighted by molar-refractivity contribution is -0.384. The highest BCUT2D eigenvalue weighted by Gasteiger charge is 2.26. The molecule has 0 heterocycles. The monoisotopic (exact) mass is 293 g/mol. The normalized spacial score (nSPS) is 15.1.